The number of benzene rings is 1. The largest absolute Gasteiger partial charge is 0.493 e. The molecule has 1 N–H and O–H groups in total. The monoisotopic (exact) mass is 410 g/mol. The number of fused-ring (bicyclic) bond motifs is 2. The molecule has 0 bridgehead atoms. The molecule has 0 spiro atoms. The van der Waals surface area contributed by atoms with Gasteiger partial charge in [-0.15, -0.1) is 0 Å². The Bertz CT molecular complexity index is 864. The zero-order chi connectivity index (χ0) is 15.1. The number of hydrogen-bond donors (Lipinski definition) is 1. The van der Waals surface area contributed by atoms with Crippen molar-refractivity contribution < 1.29 is 9.13 Å². The summed E-state index contributed by atoms with van der Waals surface area (Å²) in [4.78, 5) is 8.58. The van der Waals surface area contributed by atoms with Crippen LogP contribution < -0.4 is 10.1 Å². The van der Waals surface area contributed by atoms with E-state index in [1.165, 1.54) is 6.07 Å². The number of hydrogen-bond acceptors (Lipinski definition) is 4. The van der Waals surface area contributed by atoms with Crippen molar-refractivity contribution in [3.63, 3.8) is 0 Å². The second-order valence-corrected chi connectivity index (χ2v) is 6.04. The summed E-state index contributed by atoms with van der Waals surface area (Å²) in [5.41, 5.74) is 2.56. The maximum atomic E-state index is 14.1. The molecule has 2 aromatic heterocycles. The minimum Gasteiger partial charge on any atom is -0.493 e. The van der Waals surface area contributed by atoms with E-state index in [9.17, 15) is 4.39 Å². The van der Waals surface area contributed by atoms with Crippen LogP contribution in [0, 0.1) is 9.52 Å². The van der Waals surface area contributed by atoms with Crippen LogP contribution in [0.25, 0.3) is 5.52 Å². The van der Waals surface area contributed by atoms with Crippen LogP contribution in [0.15, 0.2) is 30.7 Å². The molecule has 112 valence electrons. The molecular formula is C15H12FIN4O. The Balaban J connectivity index is 1.67. The molecule has 3 heterocycles. The van der Waals surface area contributed by atoms with Gasteiger partial charge in [-0.05, 0) is 40.8 Å². The average Bonchev–Trinajstić information content (AvgIpc) is 3.14. The highest BCUT2D eigenvalue weighted by Gasteiger charge is 2.19. The molecule has 22 heavy (non-hydrogen) atoms. The molecule has 7 heteroatoms. The van der Waals surface area contributed by atoms with Crippen LogP contribution in [-0.2, 0) is 13.0 Å². The van der Waals surface area contributed by atoms with Gasteiger partial charge in [-0.25, -0.2) is 14.4 Å². The zero-order valence-corrected chi connectivity index (χ0v) is 13.7. The Morgan fingerprint density at radius 1 is 1.32 bits per heavy atom. The summed E-state index contributed by atoms with van der Waals surface area (Å²) in [7, 11) is 0. The van der Waals surface area contributed by atoms with Crippen LogP contribution in [0.1, 0.15) is 11.1 Å². The summed E-state index contributed by atoms with van der Waals surface area (Å²) in [5, 5.41) is 3.20. The van der Waals surface area contributed by atoms with Gasteiger partial charge in [-0.3, -0.25) is 4.40 Å². The van der Waals surface area contributed by atoms with Gasteiger partial charge in [0.25, 0.3) is 0 Å². The SMILES string of the molecule is Fc1ccc2c(c1CNc1nccc3c(I)ncn13)CCO2. The normalized spacial score (nSPS) is 13.2. The van der Waals surface area contributed by atoms with Gasteiger partial charge < -0.3 is 10.1 Å². The van der Waals surface area contributed by atoms with E-state index in [1.807, 2.05) is 10.5 Å². The van der Waals surface area contributed by atoms with Crippen LogP contribution in [0.4, 0.5) is 10.3 Å². The first-order valence-corrected chi connectivity index (χ1v) is 7.96. The highest BCUT2D eigenvalue weighted by atomic mass is 127. The van der Waals surface area contributed by atoms with Gasteiger partial charge in [-0.1, -0.05) is 0 Å². The summed E-state index contributed by atoms with van der Waals surface area (Å²) in [6.45, 7) is 0.971. The van der Waals surface area contributed by atoms with Crippen molar-refractivity contribution in [2.24, 2.45) is 0 Å². The number of nitrogens with one attached hydrogen (secondary N) is 1. The van der Waals surface area contributed by atoms with Gasteiger partial charge in [0.2, 0.25) is 5.95 Å². The van der Waals surface area contributed by atoms with Gasteiger partial charge in [-0.2, -0.15) is 0 Å². The van der Waals surface area contributed by atoms with E-state index >= 15 is 0 Å². The van der Waals surface area contributed by atoms with Crippen LogP contribution in [0.5, 0.6) is 5.75 Å². The molecule has 5 nitrogen and oxygen atoms in total. The highest BCUT2D eigenvalue weighted by Crippen LogP contribution is 2.30. The molecule has 3 aromatic rings. The number of anilines is 1. The first-order valence-electron chi connectivity index (χ1n) is 6.88. The summed E-state index contributed by atoms with van der Waals surface area (Å²) in [6.07, 6.45) is 4.17. The van der Waals surface area contributed by atoms with Crippen molar-refractivity contribution in [1.82, 2.24) is 14.4 Å². The number of imidazole rings is 1. The fourth-order valence-corrected chi connectivity index (χ4v) is 3.26. The van der Waals surface area contributed by atoms with Gasteiger partial charge >= 0.3 is 0 Å². The third-order valence-corrected chi connectivity index (χ3v) is 4.61. The third kappa shape index (κ3) is 2.20. The summed E-state index contributed by atoms with van der Waals surface area (Å²) in [6, 6.07) is 5.04. The molecule has 0 atom stereocenters. The molecule has 4 rings (SSSR count). The molecule has 0 saturated heterocycles. The second-order valence-electron chi connectivity index (χ2n) is 5.01. The smallest absolute Gasteiger partial charge is 0.208 e. The fraction of sp³-hybridized carbons (Fsp3) is 0.200. The Hall–Kier alpha value is -1.90. The van der Waals surface area contributed by atoms with Crippen LogP contribution in [0.3, 0.4) is 0 Å². The first-order chi connectivity index (χ1) is 10.7. The summed E-state index contributed by atoms with van der Waals surface area (Å²) < 4.78 is 22.4. The third-order valence-electron chi connectivity index (χ3n) is 3.78. The molecule has 1 aromatic carbocycles. The van der Waals surface area contributed by atoms with Crippen molar-refractivity contribution in [2.45, 2.75) is 13.0 Å². The fourth-order valence-electron chi connectivity index (χ4n) is 2.70. The minimum absolute atomic E-state index is 0.218. The lowest BCUT2D eigenvalue weighted by atomic mass is 10.0. The van der Waals surface area contributed by atoms with E-state index in [1.54, 1.807) is 18.6 Å². The predicted octanol–water partition coefficient (Wildman–Crippen LogP) is 3.02. The lowest BCUT2D eigenvalue weighted by molar-refractivity contribution is 0.356. The molecular weight excluding hydrogens is 398 g/mol. The van der Waals surface area contributed by atoms with Crippen molar-refractivity contribution in [3.05, 3.63) is 51.4 Å². The van der Waals surface area contributed by atoms with E-state index in [0.717, 1.165) is 27.0 Å². The Morgan fingerprint density at radius 2 is 2.23 bits per heavy atom. The van der Waals surface area contributed by atoms with E-state index in [0.29, 0.717) is 24.7 Å². The van der Waals surface area contributed by atoms with Crippen molar-refractivity contribution in [2.75, 3.05) is 11.9 Å². The molecule has 0 radical (unpaired) electrons. The first kappa shape index (κ1) is 13.7. The van der Waals surface area contributed by atoms with Crippen molar-refractivity contribution in [1.29, 1.82) is 0 Å². The van der Waals surface area contributed by atoms with Gasteiger partial charge in [0, 0.05) is 30.3 Å². The highest BCUT2D eigenvalue weighted by molar-refractivity contribution is 14.1. The molecule has 0 fully saturated rings. The van der Waals surface area contributed by atoms with Crippen LogP contribution in [-0.4, -0.2) is 21.0 Å². The Morgan fingerprint density at radius 3 is 3.14 bits per heavy atom. The summed E-state index contributed by atoms with van der Waals surface area (Å²) >= 11 is 2.18. The van der Waals surface area contributed by atoms with Crippen molar-refractivity contribution in [3.8, 4) is 5.75 Å². The molecule has 1 aliphatic heterocycles. The van der Waals surface area contributed by atoms with Crippen molar-refractivity contribution >= 4 is 34.1 Å². The number of halogens is 2. The van der Waals surface area contributed by atoms with Gasteiger partial charge in [0.1, 0.15) is 21.6 Å². The maximum Gasteiger partial charge on any atom is 0.208 e. The summed E-state index contributed by atoms with van der Waals surface area (Å²) in [5.74, 6) is 1.20. The molecule has 0 aliphatic carbocycles. The topological polar surface area (TPSA) is 51.5 Å². The quantitative estimate of drug-likeness (QED) is 0.675. The minimum atomic E-state index is -0.218. The van der Waals surface area contributed by atoms with Gasteiger partial charge in [0.15, 0.2) is 0 Å². The Labute approximate surface area is 139 Å². The van der Waals surface area contributed by atoms with Gasteiger partial charge in [0.05, 0.1) is 12.1 Å². The molecule has 0 unspecified atom stereocenters. The zero-order valence-electron chi connectivity index (χ0n) is 11.5. The predicted molar refractivity (Wildman–Crippen MR) is 88.6 cm³/mol. The Kier molecular flexibility index (Phi) is 3.36. The van der Waals surface area contributed by atoms with Crippen LogP contribution in [0.2, 0.25) is 0 Å². The number of nitrogens with zero attached hydrogens (tertiary/aromatic N) is 3. The van der Waals surface area contributed by atoms with Crippen LogP contribution >= 0.6 is 22.6 Å². The van der Waals surface area contributed by atoms with E-state index < -0.39 is 0 Å². The van der Waals surface area contributed by atoms with E-state index in [2.05, 4.69) is 37.9 Å². The standard InChI is InChI=1S/C15H12FIN4O/c16-11-1-2-13-9(4-6-22-13)10(11)7-19-15-18-5-3-12-14(17)20-8-21(12)15/h1-3,5,8H,4,6-7H2,(H,18,19). The molecule has 0 saturated carbocycles. The van der Waals surface area contributed by atoms with E-state index in [-0.39, 0.29) is 5.82 Å². The molecule has 0 amide bonds. The maximum absolute atomic E-state index is 14.1. The second kappa shape index (κ2) is 5.38. The molecule has 1 aliphatic rings. The lowest BCUT2D eigenvalue weighted by Crippen LogP contribution is -2.09. The number of ether oxygens (including phenoxy) is 1. The van der Waals surface area contributed by atoms with E-state index in [4.69, 9.17) is 4.74 Å². The lowest BCUT2D eigenvalue weighted by Gasteiger charge is -2.11. The number of rotatable bonds is 3. The number of aromatic nitrogens is 3. The average molecular weight is 410 g/mol.